The van der Waals surface area contributed by atoms with Gasteiger partial charge in [0.05, 0.1) is 0 Å². The molecule has 5 heteroatoms. The normalized spacial score (nSPS) is 11.7. The average Bonchev–Trinajstić information content (AvgIpc) is 2.85. The Balaban J connectivity index is 1.74. The smallest absolute Gasteiger partial charge is 0.261 e. The second-order valence-corrected chi connectivity index (χ2v) is 8.16. The zero-order valence-electron chi connectivity index (χ0n) is 19.6. The molecule has 0 aliphatic carbocycles. The second kappa shape index (κ2) is 12.6. The van der Waals surface area contributed by atoms with E-state index in [9.17, 15) is 9.59 Å². The zero-order chi connectivity index (χ0) is 23.5. The number of benzene rings is 3. The molecule has 1 N–H and O–H groups in total. The Hall–Kier alpha value is -3.34. The molecule has 0 aliphatic heterocycles. The minimum Gasteiger partial charge on any atom is -0.483 e. The minimum atomic E-state index is -0.519. The Morgan fingerprint density at radius 1 is 0.939 bits per heavy atom. The van der Waals surface area contributed by atoms with Gasteiger partial charge in [0.1, 0.15) is 11.8 Å². The number of carbonyl (C=O) groups excluding carboxylic acids is 2. The maximum atomic E-state index is 13.3. The van der Waals surface area contributed by atoms with Gasteiger partial charge in [0.15, 0.2) is 6.61 Å². The van der Waals surface area contributed by atoms with Crippen molar-refractivity contribution in [3.8, 4) is 5.75 Å². The maximum Gasteiger partial charge on any atom is 0.261 e. The first-order valence-corrected chi connectivity index (χ1v) is 11.9. The molecule has 2 amide bonds. The van der Waals surface area contributed by atoms with Gasteiger partial charge >= 0.3 is 0 Å². The summed E-state index contributed by atoms with van der Waals surface area (Å²) in [6.07, 6.45) is 3.16. The van der Waals surface area contributed by atoms with Gasteiger partial charge in [-0.05, 0) is 36.3 Å². The van der Waals surface area contributed by atoms with Crippen LogP contribution in [0.15, 0.2) is 72.8 Å². The molecule has 3 rings (SSSR count). The Labute approximate surface area is 196 Å². The number of carbonyl (C=O) groups is 2. The van der Waals surface area contributed by atoms with Crippen molar-refractivity contribution >= 4 is 22.6 Å². The van der Waals surface area contributed by atoms with Gasteiger partial charge in [-0.2, -0.15) is 0 Å². The number of ether oxygens (including phenoxy) is 1. The summed E-state index contributed by atoms with van der Waals surface area (Å²) in [5.41, 5.74) is 1.13. The predicted molar refractivity (Wildman–Crippen MR) is 133 cm³/mol. The van der Waals surface area contributed by atoms with Crippen molar-refractivity contribution in [1.82, 2.24) is 10.2 Å². The first-order chi connectivity index (χ1) is 16.1. The Kier molecular flexibility index (Phi) is 9.31. The molecule has 5 nitrogen and oxygen atoms in total. The van der Waals surface area contributed by atoms with E-state index >= 15 is 0 Å². The Bertz CT molecular complexity index is 1030. The summed E-state index contributed by atoms with van der Waals surface area (Å²) >= 11 is 0. The molecule has 0 radical (unpaired) electrons. The summed E-state index contributed by atoms with van der Waals surface area (Å²) in [4.78, 5) is 27.9. The molecule has 0 saturated heterocycles. The highest BCUT2D eigenvalue weighted by atomic mass is 16.5. The monoisotopic (exact) mass is 446 g/mol. The molecule has 33 heavy (non-hydrogen) atoms. The van der Waals surface area contributed by atoms with E-state index < -0.39 is 6.04 Å². The lowest BCUT2D eigenvalue weighted by molar-refractivity contribution is -0.142. The van der Waals surface area contributed by atoms with Gasteiger partial charge in [0.2, 0.25) is 5.91 Å². The second-order valence-electron chi connectivity index (χ2n) is 8.16. The fourth-order valence-corrected chi connectivity index (χ4v) is 3.95. The molecule has 0 spiro atoms. The average molecular weight is 447 g/mol. The van der Waals surface area contributed by atoms with Gasteiger partial charge in [-0.1, -0.05) is 87.0 Å². The third-order valence-corrected chi connectivity index (χ3v) is 5.80. The number of nitrogens with zero attached hydrogens (tertiary/aromatic N) is 1. The third kappa shape index (κ3) is 6.82. The number of hydrogen-bond donors (Lipinski definition) is 1. The molecule has 0 aromatic heterocycles. The molecule has 1 atom stereocenters. The van der Waals surface area contributed by atoms with Crippen LogP contribution in [0.1, 0.15) is 38.7 Å². The maximum absolute atomic E-state index is 13.3. The summed E-state index contributed by atoms with van der Waals surface area (Å²) in [5.74, 6) is 0.388. The van der Waals surface area contributed by atoms with Crippen LogP contribution in [0, 0.1) is 0 Å². The molecule has 0 aliphatic rings. The zero-order valence-corrected chi connectivity index (χ0v) is 19.6. The Morgan fingerprint density at radius 2 is 1.67 bits per heavy atom. The van der Waals surface area contributed by atoms with E-state index in [1.54, 1.807) is 4.90 Å². The van der Waals surface area contributed by atoms with Crippen molar-refractivity contribution in [2.75, 3.05) is 19.7 Å². The highest BCUT2D eigenvalue weighted by molar-refractivity contribution is 5.90. The van der Waals surface area contributed by atoms with Gasteiger partial charge in [-0.3, -0.25) is 9.59 Å². The van der Waals surface area contributed by atoms with Crippen LogP contribution in [-0.4, -0.2) is 42.5 Å². The number of unbranched alkanes of at least 4 members (excludes halogenated alkanes) is 1. The molecule has 0 bridgehead atoms. The highest BCUT2D eigenvalue weighted by Crippen LogP contribution is 2.25. The number of nitrogens with one attached hydrogen (secondary N) is 1. The summed E-state index contributed by atoms with van der Waals surface area (Å²) in [6.45, 7) is 5.00. The van der Waals surface area contributed by atoms with Gasteiger partial charge < -0.3 is 15.0 Å². The van der Waals surface area contributed by atoms with E-state index in [-0.39, 0.29) is 18.4 Å². The van der Waals surface area contributed by atoms with Gasteiger partial charge in [0.25, 0.3) is 5.91 Å². The van der Waals surface area contributed by atoms with Crippen LogP contribution < -0.4 is 10.1 Å². The quantitative estimate of drug-likeness (QED) is 0.399. The largest absolute Gasteiger partial charge is 0.483 e. The van der Waals surface area contributed by atoms with Crippen molar-refractivity contribution in [1.29, 1.82) is 0 Å². The van der Waals surface area contributed by atoms with Crippen molar-refractivity contribution < 1.29 is 14.3 Å². The van der Waals surface area contributed by atoms with Crippen LogP contribution in [0.2, 0.25) is 0 Å². The lowest BCUT2D eigenvalue weighted by atomic mass is 10.1. The SMILES string of the molecule is CCCCNC(=O)[C@H](CC)N(CCc1ccccc1)C(=O)COc1cccc2ccccc12. The van der Waals surface area contributed by atoms with Gasteiger partial charge in [0, 0.05) is 18.5 Å². The van der Waals surface area contributed by atoms with Gasteiger partial charge in [-0.25, -0.2) is 0 Å². The summed E-state index contributed by atoms with van der Waals surface area (Å²) in [6, 6.07) is 23.3. The van der Waals surface area contributed by atoms with E-state index in [1.807, 2.05) is 79.7 Å². The molecule has 0 unspecified atom stereocenters. The predicted octanol–water partition coefficient (Wildman–Crippen LogP) is 4.98. The van der Waals surface area contributed by atoms with E-state index in [0.717, 1.165) is 29.2 Å². The fraction of sp³-hybridized carbons (Fsp3) is 0.357. The van der Waals surface area contributed by atoms with Crippen molar-refractivity contribution in [3.05, 3.63) is 78.4 Å². The summed E-state index contributed by atoms with van der Waals surface area (Å²) < 4.78 is 5.96. The summed E-state index contributed by atoms with van der Waals surface area (Å²) in [5, 5.41) is 5.02. The number of fused-ring (bicyclic) bond motifs is 1. The standard InChI is InChI=1S/C28H34N2O3/c1-3-5-19-29-28(32)25(4-2)30(20-18-22-12-7-6-8-13-22)27(31)21-33-26-17-11-15-23-14-9-10-16-24(23)26/h6-17,25H,3-5,18-21H2,1-2H3,(H,29,32)/t25-/m0/s1. The first-order valence-electron chi connectivity index (χ1n) is 11.9. The van der Waals surface area contributed by atoms with Crippen LogP contribution >= 0.6 is 0 Å². The van der Waals surface area contributed by atoms with E-state index in [0.29, 0.717) is 31.7 Å². The molecular formula is C28H34N2O3. The number of hydrogen-bond acceptors (Lipinski definition) is 3. The lowest BCUT2D eigenvalue weighted by Gasteiger charge is -2.30. The van der Waals surface area contributed by atoms with Crippen LogP contribution in [0.4, 0.5) is 0 Å². The van der Waals surface area contributed by atoms with Gasteiger partial charge in [-0.15, -0.1) is 0 Å². The van der Waals surface area contributed by atoms with Crippen LogP contribution in [0.5, 0.6) is 5.75 Å². The molecular weight excluding hydrogens is 412 g/mol. The molecule has 174 valence electrons. The van der Waals surface area contributed by atoms with Crippen LogP contribution in [0.25, 0.3) is 10.8 Å². The van der Waals surface area contributed by atoms with E-state index in [2.05, 4.69) is 12.2 Å². The number of rotatable bonds is 12. The first kappa shape index (κ1) is 24.3. The van der Waals surface area contributed by atoms with E-state index in [4.69, 9.17) is 4.74 Å². The third-order valence-electron chi connectivity index (χ3n) is 5.80. The Morgan fingerprint density at radius 3 is 2.42 bits per heavy atom. The van der Waals surface area contributed by atoms with Crippen molar-refractivity contribution in [2.24, 2.45) is 0 Å². The lowest BCUT2D eigenvalue weighted by Crippen LogP contribution is -2.51. The summed E-state index contributed by atoms with van der Waals surface area (Å²) in [7, 11) is 0. The molecule has 3 aromatic carbocycles. The molecule has 0 fully saturated rings. The fourth-order valence-electron chi connectivity index (χ4n) is 3.95. The van der Waals surface area contributed by atoms with Crippen LogP contribution in [-0.2, 0) is 16.0 Å². The topological polar surface area (TPSA) is 58.6 Å². The molecule has 0 saturated carbocycles. The van der Waals surface area contributed by atoms with Crippen LogP contribution in [0.3, 0.4) is 0 Å². The van der Waals surface area contributed by atoms with Crippen molar-refractivity contribution in [2.45, 2.75) is 45.6 Å². The molecule has 0 heterocycles. The minimum absolute atomic E-state index is 0.0995. The van der Waals surface area contributed by atoms with Crippen molar-refractivity contribution in [3.63, 3.8) is 0 Å². The van der Waals surface area contributed by atoms with E-state index in [1.165, 1.54) is 0 Å². The number of amides is 2. The molecule has 3 aromatic rings. The highest BCUT2D eigenvalue weighted by Gasteiger charge is 2.28.